The number of benzene rings is 2. The second kappa shape index (κ2) is 6.82. The molecule has 2 aromatic rings. The van der Waals surface area contributed by atoms with Gasteiger partial charge >= 0.3 is 0 Å². The zero-order valence-corrected chi connectivity index (χ0v) is 14.1. The van der Waals surface area contributed by atoms with Crippen LogP contribution in [0.5, 0.6) is 23.0 Å². The van der Waals surface area contributed by atoms with Gasteiger partial charge in [0.1, 0.15) is 11.5 Å². The number of hydrogen-bond acceptors (Lipinski definition) is 6. The summed E-state index contributed by atoms with van der Waals surface area (Å²) in [4.78, 5) is 2.31. The summed E-state index contributed by atoms with van der Waals surface area (Å²) in [6.07, 6.45) is 0. The molecule has 6 heteroatoms. The summed E-state index contributed by atoms with van der Waals surface area (Å²) in [6.45, 7) is 3.13. The van der Waals surface area contributed by atoms with Crippen molar-refractivity contribution in [1.82, 2.24) is 4.90 Å². The average Bonchev–Trinajstić information content (AvgIpc) is 3.11. The van der Waals surface area contributed by atoms with Gasteiger partial charge in [-0.15, -0.1) is 0 Å². The van der Waals surface area contributed by atoms with Crippen molar-refractivity contribution < 1.29 is 24.1 Å². The molecular weight excluding hydrogens is 322 g/mol. The average molecular weight is 343 g/mol. The number of methoxy groups -OCH3 is 1. The van der Waals surface area contributed by atoms with E-state index in [2.05, 4.69) is 4.90 Å². The number of morpholine rings is 1. The molecule has 0 saturated carbocycles. The highest BCUT2D eigenvalue weighted by Gasteiger charge is 2.29. The van der Waals surface area contributed by atoms with Crippen molar-refractivity contribution in [3.63, 3.8) is 0 Å². The van der Waals surface area contributed by atoms with E-state index in [1.807, 2.05) is 30.3 Å². The standard InChI is InChI=1S/C19H21NO5/c1-22-14-4-2-13(3-5-14)19(20-6-8-23-9-7-20)15-10-17-18(11-16(15)21)25-12-24-17/h2-5,10-11,19,21H,6-9,12H2,1H3. The minimum Gasteiger partial charge on any atom is -0.507 e. The van der Waals surface area contributed by atoms with Crippen LogP contribution in [0.2, 0.25) is 0 Å². The molecule has 1 unspecified atom stereocenters. The molecule has 132 valence electrons. The molecule has 1 atom stereocenters. The lowest BCUT2D eigenvalue weighted by Gasteiger charge is -2.35. The monoisotopic (exact) mass is 343 g/mol. The molecule has 2 heterocycles. The zero-order valence-electron chi connectivity index (χ0n) is 14.1. The van der Waals surface area contributed by atoms with Crippen molar-refractivity contribution >= 4 is 0 Å². The van der Waals surface area contributed by atoms with E-state index >= 15 is 0 Å². The third-order valence-electron chi connectivity index (χ3n) is 4.66. The Bertz CT molecular complexity index is 740. The van der Waals surface area contributed by atoms with Crippen LogP contribution >= 0.6 is 0 Å². The Balaban J connectivity index is 1.76. The van der Waals surface area contributed by atoms with E-state index in [1.54, 1.807) is 13.2 Å². The number of phenols is 1. The summed E-state index contributed by atoms with van der Waals surface area (Å²) >= 11 is 0. The molecule has 0 bridgehead atoms. The Morgan fingerprint density at radius 3 is 2.40 bits per heavy atom. The molecule has 25 heavy (non-hydrogen) atoms. The van der Waals surface area contributed by atoms with Crippen molar-refractivity contribution in [3.05, 3.63) is 47.5 Å². The minimum atomic E-state index is -0.0932. The summed E-state index contributed by atoms with van der Waals surface area (Å²) in [5.41, 5.74) is 1.88. The van der Waals surface area contributed by atoms with Gasteiger partial charge in [-0.2, -0.15) is 0 Å². The van der Waals surface area contributed by atoms with Crippen LogP contribution in [-0.2, 0) is 4.74 Å². The van der Waals surface area contributed by atoms with Gasteiger partial charge in [0.15, 0.2) is 11.5 Å². The second-order valence-electron chi connectivity index (χ2n) is 6.09. The van der Waals surface area contributed by atoms with E-state index in [-0.39, 0.29) is 18.6 Å². The number of nitrogens with zero attached hydrogens (tertiary/aromatic N) is 1. The first-order chi connectivity index (χ1) is 12.3. The summed E-state index contributed by atoms with van der Waals surface area (Å²) in [5.74, 6) is 2.26. The number of phenolic OH excluding ortho intramolecular Hbond substituents is 1. The van der Waals surface area contributed by atoms with Gasteiger partial charge in [0.25, 0.3) is 0 Å². The van der Waals surface area contributed by atoms with Gasteiger partial charge in [0.2, 0.25) is 6.79 Å². The van der Waals surface area contributed by atoms with Gasteiger partial charge in [-0.3, -0.25) is 4.90 Å². The topological polar surface area (TPSA) is 60.4 Å². The molecule has 4 rings (SSSR count). The fraction of sp³-hybridized carbons (Fsp3) is 0.368. The highest BCUT2D eigenvalue weighted by atomic mass is 16.7. The lowest BCUT2D eigenvalue weighted by atomic mass is 9.95. The molecule has 1 N–H and O–H groups in total. The van der Waals surface area contributed by atoms with Crippen LogP contribution in [0.4, 0.5) is 0 Å². The summed E-state index contributed by atoms with van der Waals surface area (Å²) in [6, 6.07) is 11.4. The molecule has 6 nitrogen and oxygen atoms in total. The quantitative estimate of drug-likeness (QED) is 0.921. The zero-order chi connectivity index (χ0) is 17.2. The van der Waals surface area contributed by atoms with Crippen LogP contribution in [0.15, 0.2) is 36.4 Å². The minimum absolute atomic E-state index is 0.0932. The van der Waals surface area contributed by atoms with E-state index < -0.39 is 0 Å². The van der Waals surface area contributed by atoms with E-state index in [0.717, 1.165) is 30.0 Å². The third kappa shape index (κ3) is 3.10. The number of rotatable bonds is 4. The molecule has 2 aromatic carbocycles. The SMILES string of the molecule is COc1ccc(C(c2cc3c(cc2O)OCO3)N2CCOCC2)cc1. The Labute approximate surface area is 146 Å². The number of aromatic hydroxyl groups is 1. The molecule has 2 aliphatic heterocycles. The molecule has 0 aliphatic carbocycles. The summed E-state index contributed by atoms with van der Waals surface area (Å²) in [7, 11) is 1.65. The van der Waals surface area contributed by atoms with Crippen molar-refractivity contribution in [2.24, 2.45) is 0 Å². The van der Waals surface area contributed by atoms with E-state index in [9.17, 15) is 5.11 Å². The predicted octanol–water partition coefficient (Wildman–Crippen LogP) is 2.55. The Morgan fingerprint density at radius 2 is 1.72 bits per heavy atom. The number of hydrogen-bond donors (Lipinski definition) is 1. The largest absolute Gasteiger partial charge is 0.507 e. The molecule has 0 aromatic heterocycles. The van der Waals surface area contributed by atoms with Gasteiger partial charge in [0.05, 0.1) is 26.4 Å². The van der Waals surface area contributed by atoms with Gasteiger partial charge in [0, 0.05) is 24.7 Å². The lowest BCUT2D eigenvalue weighted by molar-refractivity contribution is 0.0235. The molecule has 0 amide bonds. The predicted molar refractivity (Wildman–Crippen MR) is 91.5 cm³/mol. The van der Waals surface area contributed by atoms with E-state index in [0.29, 0.717) is 24.7 Å². The van der Waals surface area contributed by atoms with Crippen molar-refractivity contribution in [2.45, 2.75) is 6.04 Å². The van der Waals surface area contributed by atoms with Crippen molar-refractivity contribution in [1.29, 1.82) is 0 Å². The van der Waals surface area contributed by atoms with E-state index in [1.165, 1.54) is 0 Å². The second-order valence-corrected chi connectivity index (χ2v) is 6.09. The van der Waals surface area contributed by atoms with Gasteiger partial charge in [-0.1, -0.05) is 12.1 Å². The van der Waals surface area contributed by atoms with Crippen LogP contribution in [0.3, 0.4) is 0 Å². The maximum absolute atomic E-state index is 10.6. The first-order valence-electron chi connectivity index (χ1n) is 8.34. The van der Waals surface area contributed by atoms with Crippen LogP contribution in [0.25, 0.3) is 0 Å². The van der Waals surface area contributed by atoms with Gasteiger partial charge in [-0.05, 0) is 23.8 Å². The Hall–Kier alpha value is -2.44. The fourth-order valence-corrected chi connectivity index (χ4v) is 3.37. The normalized spacial score (nSPS) is 18.1. The highest BCUT2D eigenvalue weighted by molar-refractivity contribution is 5.54. The van der Waals surface area contributed by atoms with Crippen molar-refractivity contribution in [3.8, 4) is 23.0 Å². The first kappa shape index (κ1) is 16.1. The molecule has 1 fully saturated rings. The maximum atomic E-state index is 10.6. The van der Waals surface area contributed by atoms with Crippen LogP contribution in [0.1, 0.15) is 17.2 Å². The van der Waals surface area contributed by atoms with Crippen LogP contribution < -0.4 is 14.2 Å². The Kier molecular flexibility index (Phi) is 4.38. The third-order valence-corrected chi connectivity index (χ3v) is 4.66. The molecule has 0 spiro atoms. The fourth-order valence-electron chi connectivity index (χ4n) is 3.37. The maximum Gasteiger partial charge on any atom is 0.231 e. The van der Waals surface area contributed by atoms with Crippen LogP contribution in [-0.4, -0.2) is 50.2 Å². The lowest BCUT2D eigenvalue weighted by Crippen LogP contribution is -2.39. The smallest absolute Gasteiger partial charge is 0.231 e. The molecule has 0 radical (unpaired) electrons. The van der Waals surface area contributed by atoms with Gasteiger partial charge < -0.3 is 24.1 Å². The molecule has 2 aliphatic rings. The molecular formula is C19H21NO5. The first-order valence-corrected chi connectivity index (χ1v) is 8.34. The molecule has 1 saturated heterocycles. The highest BCUT2D eigenvalue weighted by Crippen LogP contribution is 2.43. The number of ether oxygens (including phenoxy) is 4. The van der Waals surface area contributed by atoms with E-state index in [4.69, 9.17) is 18.9 Å². The van der Waals surface area contributed by atoms with Crippen LogP contribution in [0, 0.1) is 0 Å². The number of fused-ring (bicyclic) bond motifs is 1. The summed E-state index contributed by atoms with van der Waals surface area (Å²) in [5, 5.41) is 10.6. The van der Waals surface area contributed by atoms with Gasteiger partial charge in [-0.25, -0.2) is 0 Å². The van der Waals surface area contributed by atoms with Crippen molar-refractivity contribution in [2.75, 3.05) is 40.2 Å². The Morgan fingerprint density at radius 1 is 1.04 bits per heavy atom. The summed E-state index contributed by atoms with van der Waals surface area (Å²) < 4.78 is 21.6.